The topological polar surface area (TPSA) is 50.4 Å². The molecule has 23 heavy (non-hydrogen) atoms. The van der Waals surface area contributed by atoms with Gasteiger partial charge in [0.15, 0.2) is 0 Å². The van der Waals surface area contributed by atoms with Crippen molar-refractivity contribution in [1.82, 2.24) is 10.6 Å². The van der Waals surface area contributed by atoms with Crippen molar-refractivity contribution < 1.29 is 9.53 Å². The van der Waals surface area contributed by atoms with E-state index >= 15 is 0 Å². The maximum Gasteiger partial charge on any atom is 0.407 e. The first-order chi connectivity index (χ1) is 10.9. The second-order valence-electron chi connectivity index (χ2n) is 7.42. The molecular weight excluding hydrogens is 288 g/mol. The van der Waals surface area contributed by atoms with Gasteiger partial charge in [0.2, 0.25) is 0 Å². The normalized spacial score (nSPS) is 12.9. The minimum absolute atomic E-state index is 0.326. The molecule has 0 bridgehead atoms. The van der Waals surface area contributed by atoms with Crippen molar-refractivity contribution in [2.45, 2.75) is 104 Å². The predicted molar refractivity (Wildman–Crippen MR) is 98.9 cm³/mol. The summed E-state index contributed by atoms with van der Waals surface area (Å²) in [5.74, 6) is 0. The number of ether oxygens (including phenoxy) is 1. The van der Waals surface area contributed by atoms with Crippen LogP contribution in [0.25, 0.3) is 0 Å². The highest BCUT2D eigenvalue weighted by atomic mass is 16.6. The molecule has 4 nitrogen and oxygen atoms in total. The molecule has 1 unspecified atom stereocenters. The summed E-state index contributed by atoms with van der Waals surface area (Å²) in [6.07, 6.45) is 11.4. The van der Waals surface area contributed by atoms with Gasteiger partial charge in [-0.2, -0.15) is 0 Å². The highest BCUT2D eigenvalue weighted by molar-refractivity contribution is 5.67. The number of alkyl carbamates (subject to hydrolysis) is 1. The molecule has 0 rings (SSSR count). The third-order valence-electron chi connectivity index (χ3n) is 3.85. The average Bonchev–Trinajstić information content (AvgIpc) is 2.46. The molecule has 0 spiro atoms. The van der Waals surface area contributed by atoms with Crippen molar-refractivity contribution in [3.63, 3.8) is 0 Å². The Balaban J connectivity index is 3.57. The highest BCUT2D eigenvalue weighted by Crippen LogP contribution is 2.08. The van der Waals surface area contributed by atoms with E-state index in [0.29, 0.717) is 12.6 Å². The number of unbranched alkanes of at least 4 members (excludes halogenated alkanes) is 7. The number of hydrogen-bond donors (Lipinski definition) is 2. The van der Waals surface area contributed by atoms with E-state index in [1.54, 1.807) is 0 Å². The quantitative estimate of drug-likeness (QED) is 0.467. The molecule has 1 amide bonds. The zero-order chi connectivity index (χ0) is 17.6. The van der Waals surface area contributed by atoms with Gasteiger partial charge in [-0.15, -0.1) is 0 Å². The van der Waals surface area contributed by atoms with Gasteiger partial charge in [-0.1, -0.05) is 58.8 Å². The SMILES string of the molecule is CCCCCCCCCCNC(CC)CNC(=O)OC(C)(C)C. The Morgan fingerprint density at radius 1 is 0.957 bits per heavy atom. The van der Waals surface area contributed by atoms with E-state index in [1.807, 2.05) is 20.8 Å². The molecule has 0 aliphatic rings. The van der Waals surface area contributed by atoms with Crippen molar-refractivity contribution >= 4 is 6.09 Å². The Bertz CT molecular complexity index is 288. The monoisotopic (exact) mass is 328 g/mol. The first kappa shape index (κ1) is 22.2. The molecule has 0 aliphatic carbocycles. The van der Waals surface area contributed by atoms with Crippen LogP contribution < -0.4 is 10.6 Å². The first-order valence-electron chi connectivity index (χ1n) is 9.59. The van der Waals surface area contributed by atoms with Crippen LogP contribution in [-0.2, 0) is 4.74 Å². The Labute approximate surface area is 144 Å². The van der Waals surface area contributed by atoms with Gasteiger partial charge in [0.05, 0.1) is 0 Å². The molecule has 0 aliphatic heterocycles. The molecule has 0 fully saturated rings. The molecule has 2 N–H and O–H groups in total. The minimum atomic E-state index is -0.434. The van der Waals surface area contributed by atoms with Crippen LogP contribution in [-0.4, -0.2) is 30.8 Å². The van der Waals surface area contributed by atoms with Gasteiger partial charge in [0, 0.05) is 12.6 Å². The second kappa shape index (κ2) is 13.6. The van der Waals surface area contributed by atoms with E-state index in [4.69, 9.17) is 4.74 Å². The van der Waals surface area contributed by atoms with Gasteiger partial charge in [0.25, 0.3) is 0 Å². The fourth-order valence-electron chi connectivity index (χ4n) is 2.45. The lowest BCUT2D eigenvalue weighted by molar-refractivity contribution is 0.0522. The Hall–Kier alpha value is -0.770. The van der Waals surface area contributed by atoms with E-state index in [9.17, 15) is 4.79 Å². The summed E-state index contributed by atoms with van der Waals surface area (Å²) in [4.78, 5) is 11.6. The summed E-state index contributed by atoms with van der Waals surface area (Å²) < 4.78 is 5.25. The lowest BCUT2D eigenvalue weighted by atomic mass is 10.1. The molecule has 0 aromatic heterocycles. The van der Waals surface area contributed by atoms with Gasteiger partial charge in [-0.05, 0) is 40.2 Å². The van der Waals surface area contributed by atoms with E-state index in [-0.39, 0.29) is 6.09 Å². The number of hydrogen-bond acceptors (Lipinski definition) is 3. The van der Waals surface area contributed by atoms with Crippen LogP contribution in [0, 0.1) is 0 Å². The zero-order valence-corrected chi connectivity index (χ0v) is 16.2. The number of carbonyl (C=O) groups is 1. The molecule has 0 aromatic rings. The van der Waals surface area contributed by atoms with Gasteiger partial charge >= 0.3 is 6.09 Å². The van der Waals surface area contributed by atoms with Crippen LogP contribution in [0.15, 0.2) is 0 Å². The third-order valence-corrected chi connectivity index (χ3v) is 3.85. The molecule has 0 aromatic carbocycles. The maximum absolute atomic E-state index is 11.6. The summed E-state index contributed by atoms with van der Waals surface area (Å²) in [5.41, 5.74) is -0.434. The molecule has 138 valence electrons. The first-order valence-corrected chi connectivity index (χ1v) is 9.59. The predicted octanol–water partition coefficient (Wildman–Crippen LogP) is 5.02. The van der Waals surface area contributed by atoms with Crippen LogP contribution in [0.1, 0.15) is 92.4 Å². The summed E-state index contributed by atoms with van der Waals surface area (Å²) in [7, 11) is 0. The lowest BCUT2D eigenvalue weighted by Crippen LogP contribution is -2.42. The van der Waals surface area contributed by atoms with Crippen LogP contribution in [0.3, 0.4) is 0 Å². The Morgan fingerprint density at radius 3 is 2.04 bits per heavy atom. The van der Waals surface area contributed by atoms with E-state index in [0.717, 1.165) is 13.0 Å². The average molecular weight is 329 g/mol. The van der Waals surface area contributed by atoms with E-state index in [2.05, 4.69) is 24.5 Å². The highest BCUT2D eigenvalue weighted by Gasteiger charge is 2.16. The minimum Gasteiger partial charge on any atom is -0.444 e. The van der Waals surface area contributed by atoms with Crippen molar-refractivity contribution in [2.24, 2.45) is 0 Å². The third kappa shape index (κ3) is 15.9. The van der Waals surface area contributed by atoms with Crippen molar-refractivity contribution in [2.75, 3.05) is 13.1 Å². The molecule has 4 heteroatoms. The number of amides is 1. The number of carbonyl (C=O) groups excluding carboxylic acids is 1. The second-order valence-corrected chi connectivity index (χ2v) is 7.42. The standard InChI is InChI=1S/C19H40N2O2/c1-6-8-9-10-11-12-13-14-15-20-17(7-2)16-21-18(22)23-19(3,4)5/h17,20H,6-16H2,1-5H3,(H,21,22). The molecule has 0 saturated carbocycles. The molecule has 0 heterocycles. The van der Waals surface area contributed by atoms with Crippen LogP contribution in [0.2, 0.25) is 0 Å². The Kier molecular flexibility index (Phi) is 13.2. The fraction of sp³-hybridized carbons (Fsp3) is 0.947. The Morgan fingerprint density at radius 2 is 1.52 bits per heavy atom. The maximum atomic E-state index is 11.6. The molecule has 0 radical (unpaired) electrons. The van der Waals surface area contributed by atoms with Gasteiger partial charge in [-0.3, -0.25) is 0 Å². The fourth-order valence-corrected chi connectivity index (χ4v) is 2.45. The van der Waals surface area contributed by atoms with Crippen LogP contribution in [0.5, 0.6) is 0 Å². The van der Waals surface area contributed by atoms with E-state index in [1.165, 1.54) is 51.4 Å². The number of nitrogens with one attached hydrogen (secondary N) is 2. The van der Waals surface area contributed by atoms with Gasteiger partial charge < -0.3 is 15.4 Å². The van der Waals surface area contributed by atoms with Crippen molar-refractivity contribution in [3.05, 3.63) is 0 Å². The molecule has 0 saturated heterocycles. The summed E-state index contributed by atoms with van der Waals surface area (Å²) in [6.45, 7) is 11.7. The smallest absolute Gasteiger partial charge is 0.407 e. The van der Waals surface area contributed by atoms with Crippen molar-refractivity contribution in [3.8, 4) is 0 Å². The molecule has 1 atom stereocenters. The van der Waals surface area contributed by atoms with Crippen LogP contribution >= 0.6 is 0 Å². The van der Waals surface area contributed by atoms with Crippen molar-refractivity contribution in [1.29, 1.82) is 0 Å². The van der Waals surface area contributed by atoms with Gasteiger partial charge in [0.1, 0.15) is 5.60 Å². The summed E-state index contributed by atoms with van der Waals surface area (Å²) in [6, 6.07) is 0.326. The summed E-state index contributed by atoms with van der Waals surface area (Å²) >= 11 is 0. The zero-order valence-electron chi connectivity index (χ0n) is 16.2. The largest absolute Gasteiger partial charge is 0.444 e. The van der Waals surface area contributed by atoms with Gasteiger partial charge in [-0.25, -0.2) is 4.79 Å². The number of rotatable bonds is 13. The molecular formula is C19H40N2O2. The lowest BCUT2D eigenvalue weighted by Gasteiger charge is -2.22. The van der Waals surface area contributed by atoms with E-state index < -0.39 is 5.60 Å². The summed E-state index contributed by atoms with van der Waals surface area (Å²) in [5, 5.41) is 6.38. The van der Waals surface area contributed by atoms with Crippen LogP contribution in [0.4, 0.5) is 4.79 Å².